The SMILES string of the molecule is [2H]c1ccc(CCOc2ccc(F)cc2F)n1[C@@H](C)CC. The van der Waals surface area contributed by atoms with E-state index in [1.807, 2.05) is 10.6 Å². The molecular weight excluding hydrogens is 260 g/mol. The highest BCUT2D eigenvalue weighted by Gasteiger charge is 2.08. The van der Waals surface area contributed by atoms with Crippen LogP contribution in [0.15, 0.2) is 36.5 Å². The van der Waals surface area contributed by atoms with E-state index in [1.165, 1.54) is 12.1 Å². The van der Waals surface area contributed by atoms with Gasteiger partial charge in [-0.3, -0.25) is 0 Å². The first kappa shape index (κ1) is 13.2. The summed E-state index contributed by atoms with van der Waals surface area (Å²) in [5.74, 6) is -1.28. The third-order valence-electron chi connectivity index (χ3n) is 3.34. The number of nitrogens with zero attached hydrogens (tertiary/aromatic N) is 1. The van der Waals surface area contributed by atoms with Crippen molar-refractivity contribution in [3.05, 3.63) is 53.8 Å². The molecule has 0 spiro atoms. The molecule has 0 radical (unpaired) electrons. The van der Waals surface area contributed by atoms with Crippen LogP contribution in [0.1, 0.15) is 33.4 Å². The molecule has 4 heteroatoms. The van der Waals surface area contributed by atoms with E-state index in [-0.39, 0.29) is 18.4 Å². The Bertz CT molecular complexity index is 612. The van der Waals surface area contributed by atoms with E-state index in [2.05, 4.69) is 13.8 Å². The Morgan fingerprint density at radius 1 is 1.35 bits per heavy atom. The van der Waals surface area contributed by atoms with Gasteiger partial charge >= 0.3 is 0 Å². The molecule has 0 aliphatic rings. The molecule has 1 aromatic carbocycles. The van der Waals surface area contributed by atoms with Gasteiger partial charge in [0.05, 0.1) is 7.98 Å². The molecule has 2 nitrogen and oxygen atoms in total. The van der Waals surface area contributed by atoms with Crippen molar-refractivity contribution in [2.75, 3.05) is 6.61 Å². The Morgan fingerprint density at radius 3 is 2.85 bits per heavy atom. The zero-order valence-electron chi connectivity index (χ0n) is 12.7. The quantitative estimate of drug-likeness (QED) is 0.767. The van der Waals surface area contributed by atoms with Crippen molar-refractivity contribution in [2.24, 2.45) is 0 Å². The second-order valence-corrected chi connectivity index (χ2v) is 4.75. The average Bonchev–Trinajstić information content (AvgIpc) is 2.81. The molecule has 0 saturated heterocycles. The van der Waals surface area contributed by atoms with E-state index in [0.717, 1.165) is 18.2 Å². The molecule has 2 rings (SSSR count). The van der Waals surface area contributed by atoms with Gasteiger partial charge in [-0.25, -0.2) is 8.78 Å². The van der Waals surface area contributed by atoms with Gasteiger partial charge in [0.25, 0.3) is 0 Å². The third-order valence-corrected chi connectivity index (χ3v) is 3.34. The Labute approximate surface area is 119 Å². The summed E-state index contributed by atoms with van der Waals surface area (Å²) in [6.07, 6.45) is 1.97. The summed E-state index contributed by atoms with van der Waals surface area (Å²) >= 11 is 0. The minimum absolute atomic E-state index is 0.0455. The van der Waals surface area contributed by atoms with Gasteiger partial charge in [0.2, 0.25) is 0 Å². The molecule has 0 aliphatic heterocycles. The molecular formula is C16H19F2NO. The van der Waals surface area contributed by atoms with Crippen molar-refractivity contribution in [1.82, 2.24) is 4.57 Å². The van der Waals surface area contributed by atoms with Gasteiger partial charge < -0.3 is 9.30 Å². The molecule has 2 aromatic rings. The van der Waals surface area contributed by atoms with Gasteiger partial charge in [-0.2, -0.15) is 0 Å². The van der Waals surface area contributed by atoms with Crippen molar-refractivity contribution in [2.45, 2.75) is 32.7 Å². The van der Waals surface area contributed by atoms with Crippen LogP contribution in [0, 0.1) is 11.6 Å². The molecule has 0 unspecified atom stereocenters. The van der Waals surface area contributed by atoms with E-state index >= 15 is 0 Å². The topological polar surface area (TPSA) is 14.2 Å². The maximum Gasteiger partial charge on any atom is 0.167 e. The van der Waals surface area contributed by atoms with Crippen molar-refractivity contribution in [3.8, 4) is 5.75 Å². The van der Waals surface area contributed by atoms with Crippen LogP contribution in [0.3, 0.4) is 0 Å². The van der Waals surface area contributed by atoms with Crippen LogP contribution in [-0.2, 0) is 6.42 Å². The molecule has 1 heterocycles. The number of rotatable bonds is 6. The fourth-order valence-corrected chi connectivity index (χ4v) is 2.03. The second kappa shape index (κ2) is 6.55. The Morgan fingerprint density at radius 2 is 2.15 bits per heavy atom. The maximum absolute atomic E-state index is 13.4. The number of halogens is 2. The normalized spacial score (nSPS) is 13.1. The maximum atomic E-state index is 13.4. The van der Waals surface area contributed by atoms with E-state index in [9.17, 15) is 8.78 Å². The van der Waals surface area contributed by atoms with Crippen LogP contribution in [0.4, 0.5) is 8.78 Å². The summed E-state index contributed by atoms with van der Waals surface area (Å²) in [4.78, 5) is 0. The largest absolute Gasteiger partial charge is 0.490 e. The number of hydrogen-bond donors (Lipinski definition) is 0. The van der Waals surface area contributed by atoms with Crippen LogP contribution in [0.2, 0.25) is 0 Å². The smallest absolute Gasteiger partial charge is 0.167 e. The first-order valence-electron chi connectivity index (χ1n) is 7.27. The molecule has 0 amide bonds. The monoisotopic (exact) mass is 280 g/mol. The summed E-state index contributed by atoms with van der Waals surface area (Å²) < 4.78 is 41.4. The molecule has 0 saturated carbocycles. The lowest BCUT2D eigenvalue weighted by atomic mass is 10.2. The van der Waals surface area contributed by atoms with E-state index in [0.29, 0.717) is 12.6 Å². The molecule has 1 aromatic heterocycles. The van der Waals surface area contributed by atoms with Crippen molar-refractivity contribution in [1.29, 1.82) is 0 Å². The van der Waals surface area contributed by atoms with Crippen molar-refractivity contribution in [3.63, 3.8) is 0 Å². The third kappa shape index (κ3) is 3.38. The lowest BCUT2D eigenvalue weighted by Crippen LogP contribution is -2.10. The molecule has 0 bridgehead atoms. The number of ether oxygens (including phenoxy) is 1. The van der Waals surface area contributed by atoms with Crippen LogP contribution >= 0.6 is 0 Å². The van der Waals surface area contributed by atoms with E-state index in [4.69, 9.17) is 6.11 Å². The lowest BCUT2D eigenvalue weighted by Gasteiger charge is -2.16. The number of aromatic nitrogens is 1. The van der Waals surface area contributed by atoms with Gasteiger partial charge in [0, 0.05) is 30.4 Å². The highest BCUT2D eigenvalue weighted by Crippen LogP contribution is 2.19. The Hall–Kier alpha value is -1.84. The highest BCUT2D eigenvalue weighted by molar-refractivity contribution is 5.24. The van der Waals surface area contributed by atoms with E-state index < -0.39 is 11.6 Å². The first-order chi connectivity index (χ1) is 10.0. The van der Waals surface area contributed by atoms with Crippen LogP contribution in [0.5, 0.6) is 5.75 Å². The van der Waals surface area contributed by atoms with Gasteiger partial charge in [0.15, 0.2) is 11.6 Å². The molecule has 20 heavy (non-hydrogen) atoms. The Kier molecular flexibility index (Phi) is 4.31. The van der Waals surface area contributed by atoms with Gasteiger partial charge in [0.1, 0.15) is 5.82 Å². The molecule has 0 fully saturated rings. The average molecular weight is 280 g/mol. The van der Waals surface area contributed by atoms with Gasteiger partial charge in [-0.15, -0.1) is 0 Å². The van der Waals surface area contributed by atoms with Crippen molar-refractivity contribution >= 4 is 0 Å². The van der Waals surface area contributed by atoms with Gasteiger partial charge in [-0.05, 0) is 37.6 Å². The predicted molar refractivity (Wildman–Crippen MR) is 75.0 cm³/mol. The van der Waals surface area contributed by atoms with E-state index in [1.54, 1.807) is 6.07 Å². The number of hydrogen-bond acceptors (Lipinski definition) is 1. The van der Waals surface area contributed by atoms with Crippen LogP contribution in [0.25, 0.3) is 0 Å². The lowest BCUT2D eigenvalue weighted by molar-refractivity contribution is 0.300. The fourth-order valence-electron chi connectivity index (χ4n) is 2.03. The molecule has 0 aliphatic carbocycles. The first-order valence-corrected chi connectivity index (χ1v) is 6.77. The highest BCUT2D eigenvalue weighted by atomic mass is 19.1. The number of benzene rings is 1. The van der Waals surface area contributed by atoms with Crippen molar-refractivity contribution < 1.29 is 14.9 Å². The summed E-state index contributed by atoms with van der Waals surface area (Å²) in [6.45, 7) is 4.41. The minimum Gasteiger partial charge on any atom is -0.490 e. The summed E-state index contributed by atoms with van der Waals surface area (Å²) in [5.41, 5.74) is 0.983. The standard InChI is InChI=1S/C16H19F2NO/c1-3-12(2)19-9-4-5-14(19)8-10-20-16-7-6-13(17)11-15(16)18/h4-7,9,11-12H,3,8,10H2,1-2H3/t12-/m0/s1/i9D. The molecule has 108 valence electrons. The Balaban J connectivity index is 2.01. The summed E-state index contributed by atoms with van der Waals surface area (Å²) in [5, 5.41) is 0. The van der Waals surface area contributed by atoms with Crippen LogP contribution < -0.4 is 4.74 Å². The summed E-state index contributed by atoms with van der Waals surface area (Å²) in [6, 6.07) is 7.14. The van der Waals surface area contributed by atoms with Gasteiger partial charge in [-0.1, -0.05) is 6.92 Å². The van der Waals surface area contributed by atoms with Crippen LogP contribution in [-0.4, -0.2) is 11.2 Å². The zero-order valence-corrected chi connectivity index (χ0v) is 11.7. The predicted octanol–water partition coefficient (Wildman–Crippen LogP) is 4.36. The summed E-state index contributed by atoms with van der Waals surface area (Å²) in [7, 11) is 0. The minimum atomic E-state index is -0.700. The fraction of sp³-hybridized carbons (Fsp3) is 0.375. The molecule has 0 N–H and O–H groups in total. The molecule has 1 atom stereocenters. The second-order valence-electron chi connectivity index (χ2n) is 4.75. The zero-order chi connectivity index (χ0) is 15.4.